The van der Waals surface area contributed by atoms with Crippen LogP contribution in [0.4, 0.5) is 0 Å². The van der Waals surface area contributed by atoms with Crippen molar-refractivity contribution in [2.24, 2.45) is 0 Å². The van der Waals surface area contributed by atoms with Gasteiger partial charge >= 0.3 is 11.9 Å². The van der Waals surface area contributed by atoms with E-state index in [2.05, 4.69) is 60.9 Å². The van der Waals surface area contributed by atoms with Crippen LogP contribution < -0.4 is 10.6 Å². The molecular formula is C42H74N2O7. The topological polar surface area (TPSA) is 142 Å². The Kier molecular flexibility index (Phi) is 34.7. The fourth-order valence-electron chi connectivity index (χ4n) is 5.72. The van der Waals surface area contributed by atoms with Gasteiger partial charge in [-0.1, -0.05) is 127 Å². The summed E-state index contributed by atoms with van der Waals surface area (Å²) in [6.45, 7) is 3.39. The molecule has 9 heteroatoms. The molecule has 0 aliphatic heterocycles. The van der Waals surface area contributed by atoms with Gasteiger partial charge in [0.05, 0.1) is 13.2 Å². The van der Waals surface area contributed by atoms with Gasteiger partial charge in [0.2, 0.25) is 11.8 Å². The number of aliphatic hydroxyl groups excluding tert-OH is 1. The predicted molar refractivity (Wildman–Crippen MR) is 208 cm³/mol. The molecule has 2 atom stereocenters. The molecule has 2 unspecified atom stereocenters. The van der Waals surface area contributed by atoms with E-state index in [-0.39, 0.29) is 30.9 Å². The van der Waals surface area contributed by atoms with Crippen LogP contribution in [0.2, 0.25) is 0 Å². The molecule has 0 fully saturated rings. The Morgan fingerprint density at radius 2 is 1.06 bits per heavy atom. The summed E-state index contributed by atoms with van der Waals surface area (Å²) in [4.78, 5) is 47.3. The number of carboxylic acid groups (broad SMARTS) is 1. The minimum absolute atomic E-state index is 0.0461. The first-order valence-corrected chi connectivity index (χ1v) is 20.4. The molecule has 294 valence electrons. The minimum atomic E-state index is -1.39. The molecule has 0 aromatic carbocycles. The highest BCUT2D eigenvalue weighted by atomic mass is 16.5. The molecule has 0 saturated heterocycles. The number of amides is 2. The maximum Gasteiger partial charge on any atom is 0.328 e. The van der Waals surface area contributed by atoms with Gasteiger partial charge in [0.15, 0.2) is 0 Å². The smallest absolute Gasteiger partial charge is 0.328 e. The van der Waals surface area contributed by atoms with E-state index in [4.69, 9.17) is 14.9 Å². The van der Waals surface area contributed by atoms with Gasteiger partial charge in [-0.15, -0.1) is 0 Å². The zero-order chi connectivity index (χ0) is 37.6. The molecule has 4 N–H and O–H groups in total. The second kappa shape index (κ2) is 36.8. The van der Waals surface area contributed by atoms with Crippen LogP contribution >= 0.6 is 0 Å². The lowest BCUT2D eigenvalue weighted by Crippen LogP contribution is -2.47. The zero-order valence-corrected chi connectivity index (χ0v) is 32.4. The van der Waals surface area contributed by atoms with E-state index >= 15 is 0 Å². The van der Waals surface area contributed by atoms with Crippen LogP contribution in [0, 0.1) is 0 Å². The normalized spacial score (nSPS) is 12.8. The average Bonchev–Trinajstić information content (AvgIpc) is 3.11. The summed E-state index contributed by atoms with van der Waals surface area (Å²) in [5, 5.41) is 22.5. The molecule has 51 heavy (non-hydrogen) atoms. The van der Waals surface area contributed by atoms with E-state index in [9.17, 15) is 19.2 Å². The number of nitrogens with one attached hydrogen (secondary N) is 2. The number of carboxylic acids is 1. The van der Waals surface area contributed by atoms with Crippen LogP contribution in [0.1, 0.15) is 181 Å². The van der Waals surface area contributed by atoms with Crippen molar-refractivity contribution in [3.63, 3.8) is 0 Å². The van der Waals surface area contributed by atoms with E-state index < -0.39 is 24.5 Å². The summed E-state index contributed by atoms with van der Waals surface area (Å²) < 4.78 is 5.93. The molecule has 0 rings (SSSR count). The fraction of sp³-hybridized carbons (Fsp3) is 0.762. The molecule has 0 aliphatic carbocycles. The molecule has 0 aliphatic rings. The summed E-state index contributed by atoms with van der Waals surface area (Å²) >= 11 is 0. The summed E-state index contributed by atoms with van der Waals surface area (Å²) in [5.74, 6) is -2.35. The van der Waals surface area contributed by atoms with Gasteiger partial charge in [0.1, 0.15) is 12.1 Å². The maximum absolute atomic E-state index is 12.6. The number of aliphatic carboxylic acids is 1. The van der Waals surface area contributed by atoms with Crippen LogP contribution in [0.5, 0.6) is 0 Å². The van der Waals surface area contributed by atoms with Crippen molar-refractivity contribution in [1.82, 2.24) is 10.6 Å². The predicted octanol–water partition coefficient (Wildman–Crippen LogP) is 9.43. The van der Waals surface area contributed by atoms with Crippen molar-refractivity contribution >= 4 is 23.8 Å². The van der Waals surface area contributed by atoms with E-state index in [1.165, 1.54) is 64.2 Å². The third-order valence-electron chi connectivity index (χ3n) is 8.89. The second-order valence-corrected chi connectivity index (χ2v) is 13.7. The Labute approximate surface area is 310 Å². The third kappa shape index (κ3) is 33.9. The van der Waals surface area contributed by atoms with Crippen LogP contribution in [-0.4, -0.2) is 59.3 Å². The number of carbonyl (C=O) groups is 4. The first-order valence-electron chi connectivity index (χ1n) is 20.4. The second-order valence-electron chi connectivity index (χ2n) is 13.7. The van der Waals surface area contributed by atoms with E-state index in [1.54, 1.807) is 0 Å². The van der Waals surface area contributed by atoms with E-state index in [1.807, 2.05) is 0 Å². The molecule has 2 amide bonds. The molecule has 0 radical (unpaired) electrons. The standard InChI is InChI=1S/C42H74N2O7/c1-3-5-7-9-10-11-12-13-14-15-16-17-18-19-20-21-22-24-30-34-41(48)51-37(31-27-23-8-6-4-2)32-28-25-26-29-33-39(46)43-35-40(47)44-38(36-45)42(49)50/h10-11,13-14,16-17,37-38,45H,3-9,12,15,18-36H2,1-2H3,(H,43,46)(H,44,47)(H,49,50)/b11-10-,14-13-,17-16-. The Morgan fingerprint density at radius 1 is 0.588 bits per heavy atom. The summed E-state index contributed by atoms with van der Waals surface area (Å²) in [6, 6.07) is -1.39. The quantitative estimate of drug-likeness (QED) is 0.0287. The van der Waals surface area contributed by atoms with Gasteiger partial charge in [0.25, 0.3) is 0 Å². The van der Waals surface area contributed by atoms with Crippen LogP contribution in [0.3, 0.4) is 0 Å². The first kappa shape index (κ1) is 48.1. The molecule has 0 bridgehead atoms. The molecule has 0 spiro atoms. The Hall–Kier alpha value is -2.94. The molecule has 9 nitrogen and oxygen atoms in total. The van der Waals surface area contributed by atoms with Crippen molar-refractivity contribution in [2.75, 3.05) is 13.2 Å². The van der Waals surface area contributed by atoms with Gasteiger partial charge in [-0.25, -0.2) is 4.79 Å². The minimum Gasteiger partial charge on any atom is -0.480 e. The molecule has 0 saturated carbocycles. The summed E-state index contributed by atoms with van der Waals surface area (Å²) in [7, 11) is 0. The number of unbranched alkanes of at least 4 members (excludes halogenated alkanes) is 16. The number of esters is 1. The third-order valence-corrected chi connectivity index (χ3v) is 8.89. The van der Waals surface area contributed by atoms with Gasteiger partial charge in [0, 0.05) is 12.8 Å². The number of rotatable bonds is 36. The van der Waals surface area contributed by atoms with Gasteiger partial charge in [-0.2, -0.15) is 0 Å². The monoisotopic (exact) mass is 719 g/mol. The fourth-order valence-corrected chi connectivity index (χ4v) is 5.72. The number of aliphatic hydroxyl groups is 1. The maximum atomic E-state index is 12.6. The average molecular weight is 719 g/mol. The lowest BCUT2D eigenvalue weighted by Gasteiger charge is -2.18. The van der Waals surface area contributed by atoms with Crippen molar-refractivity contribution < 1.29 is 34.1 Å². The lowest BCUT2D eigenvalue weighted by molar-refractivity contribution is -0.150. The van der Waals surface area contributed by atoms with Gasteiger partial charge in [-0.05, 0) is 77.0 Å². The van der Waals surface area contributed by atoms with Crippen LogP contribution in [-0.2, 0) is 23.9 Å². The highest BCUT2D eigenvalue weighted by Gasteiger charge is 2.19. The lowest BCUT2D eigenvalue weighted by atomic mass is 10.0. The molecule has 0 aromatic heterocycles. The Morgan fingerprint density at radius 3 is 1.63 bits per heavy atom. The number of allylic oxidation sites excluding steroid dienone is 6. The van der Waals surface area contributed by atoms with Crippen molar-refractivity contribution in [3.05, 3.63) is 36.5 Å². The van der Waals surface area contributed by atoms with Gasteiger partial charge < -0.3 is 25.6 Å². The molecule has 0 heterocycles. The van der Waals surface area contributed by atoms with Crippen molar-refractivity contribution in [2.45, 2.75) is 193 Å². The van der Waals surface area contributed by atoms with E-state index in [0.717, 1.165) is 83.5 Å². The largest absolute Gasteiger partial charge is 0.480 e. The zero-order valence-electron chi connectivity index (χ0n) is 32.4. The summed E-state index contributed by atoms with van der Waals surface area (Å²) in [6.07, 6.45) is 40.4. The highest BCUT2D eigenvalue weighted by Crippen LogP contribution is 2.18. The van der Waals surface area contributed by atoms with E-state index in [0.29, 0.717) is 12.8 Å². The Balaban J connectivity index is 4.08. The van der Waals surface area contributed by atoms with Crippen LogP contribution in [0.25, 0.3) is 0 Å². The number of carbonyl (C=O) groups excluding carboxylic acids is 3. The van der Waals surface area contributed by atoms with Crippen LogP contribution in [0.15, 0.2) is 36.5 Å². The number of hydrogen-bond donors (Lipinski definition) is 4. The molecular weight excluding hydrogens is 644 g/mol. The first-order chi connectivity index (χ1) is 24.8. The van der Waals surface area contributed by atoms with Crippen molar-refractivity contribution in [1.29, 1.82) is 0 Å². The SMILES string of the molecule is CCCCC/C=C\C/C=C\C/C=C\CCCCCCCCC(=O)OC(CCCCCCC)CCCCCCC(=O)NCC(=O)NC(CO)C(=O)O. The summed E-state index contributed by atoms with van der Waals surface area (Å²) in [5.41, 5.74) is 0. The van der Waals surface area contributed by atoms with Crippen molar-refractivity contribution in [3.8, 4) is 0 Å². The Bertz CT molecular complexity index is 963. The van der Waals surface area contributed by atoms with Gasteiger partial charge in [-0.3, -0.25) is 14.4 Å². The number of ether oxygens (including phenoxy) is 1. The highest BCUT2D eigenvalue weighted by molar-refractivity contribution is 5.87. The molecule has 0 aromatic rings. The number of hydrogen-bond acceptors (Lipinski definition) is 6.